The first-order valence-electron chi connectivity index (χ1n) is 8.54. The number of hydrogen-bond acceptors (Lipinski definition) is 5. The number of amides is 1. The van der Waals surface area contributed by atoms with E-state index in [-0.39, 0.29) is 17.3 Å². The molecule has 1 fully saturated rings. The van der Waals surface area contributed by atoms with Gasteiger partial charge in [-0.3, -0.25) is 9.59 Å². The van der Waals surface area contributed by atoms with E-state index in [0.29, 0.717) is 12.3 Å². The number of nitrogens with zero attached hydrogens (tertiary/aromatic N) is 1. The third-order valence-corrected chi connectivity index (χ3v) is 5.72. The summed E-state index contributed by atoms with van der Waals surface area (Å²) in [5.41, 5.74) is 1.03. The van der Waals surface area contributed by atoms with Gasteiger partial charge in [-0.05, 0) is 42.0 Å². The zero-order chi connectivity index (χ0) is 18.3. The molecule has 1 N–H and O–H groups in total. The number of ether oxygens (including phenoxy) is 1. The molecule has 134 valence electrons. The average Bonchev–Trinajstić information content (AvgIpc) is 3.34. The summed E-state index contributed by atoms with van der Waals surface area (Å²) in [6.07, 6.45) is 1.65. The van der Waals surface area contributed by atoms with Crippen molar-refractivity contribution in [2.75, 3.05) is 7.11 Å². The van der Waals surface area contributed by atoms with Gasteiger partial charge in [-0.2, -0.15) is 0 Å². The summed E-state index contributed by atoms with van der Waals surface area (Å²) in [5.74, 6) is -0.360. The Balaban J connectivity index is 1.75. The first-order valence-corrected chi connectivity index (χ1v) is 9.42. The fraction of sp³-hybridized carbons (Fsp3) is 0.300. The lowest BCUT2D eigenvalue weighted by atomic mass is 9.94. The van der Waals surface area contributed by atoms with E-state index < -0.39 is 17.7 Å². The molecule has 1 aliphatic heterocycles. The van der Waals surface area contributed by atoms with Crippen LogP contribution < -0.4 is 4.74 Å². The van der Waals surface area contributed by atoms with Crippen LogP contribution in [0, 0.1) is 5.92 Å². The summed E-state index contributed by atoms with van der Waals surface area (Å²) in [5, 5.41) is 12.4. The zero-order valence-electron chi connectivity index (χ0n) is 14.3. The number of ketones is 1. The first kappa shape index (κ1) is 16.8. The van der Waals surface area contributed by atoms with Gasteiger partial charge >= 0.3 is 0 Å². The molecule has 1 saturated carbocycles. The number of rotatable bonds is 6. The molecule has 5 nitrogen and oxygen atoms in total. The molecule has 0 bridgehead atoms. The molecule has 4 rings (SSSR count). The number of aliphatic hydroxyl groups is 1. The molecule has 1 aromatic carbocycles. The fourth-order valence-electron chi connectivity index (χ4n) is 3.34. The van der Waals surface area contributed by atoms with Crippen LogP contribution in [0.5, 0.6) is 5.75 Å². The molecule has 2 aromatic rings. The van der Waals surface area contributed by atoms with Gasteiger partial charge in [0.1, 0.15) is 5.75 Å². The maximum atomic E-state index is 12.8. The van der Waals surface area contributed by atoms with Gasteiger partial charge in [0.2, 0.25) is 0 Å². The van der Waals surface area contributed by atoms with Gasteiger partial charge in [0, 0.05) is 10.8 Å². The lowest BCUT2D eigenvalue weighted by molar-refractivity contribution is -0.130. The Hall–Kier alpha value is -2.60. The molecule has 2 aliphatic rings. The maximum Gasteiger partial charge on any atom is 0.290 e. The summed E-state index contributed by atoms with van der Waals surface area (Å²) >= 11 is 1.55. The molecule has 0 saturated heterocycles. The minimum Gasteiger partial charge on any atom is -0.503 e. The van der Waals surface area contributed by atoms with Crippen LogP contribution in [0.3, 0.4) is 0 Å². The number of thiophene rings is 1. The van der Waals surface area contributed by atoms with Crippen molar-refractivity contribution >= 4 is 23.0 Å². The van der Waals surface area contributed by atoms with Gasteiger partial charge in [0.05, 0.1) is 25.3 Å². The van der Waals surface area contributed by atoms with Crippen LogP contribution in [0.2, 0.25) is 0 Å². The standard InChI is InChI=1S/C20H19NO4S/c1-25-14-8-6-12(7-9-14)17-16(18(22)13-4-5-13)19(23)20(24)21(17)11-15-3-2-10-26-15/h2-3,6-10,13,17,23H,4-5,11H2,1H3. The predicted molar refractivity (Wildman–Crippen MR) is 98.0 cm³/mol. The van der Waals surface area contributed by atoms with Gasteiger partial charge in [-0.25, -0.2) is 0 Å². The molecule has 26 heavy (non-hydrogen) atoms. The second-order valence-electron chi connectivity index (χ2n) is 6.59. The highest BCUT2D eigenvalue weighted by Crippen LogP contribution is 2.44. The number of hydrogen-bond donors (Lipinski definition) is 1. The SMILES string of the molecule is COc1ccc(C2C(C(=O)C3CC3)=C(O)C(=O)N2Cc2cccs2)cc1. The van der Waals surface area contributed by atoms with E-state index in [1.165, 1.54) is 0 Å². The first-order chi connectivity index (χ1) is 12.6. The molecule has 0 spiro atoms. The highest BCUT2D eigenvalue weighted by Gasteiger charge is 2.47. The van der Waals surface area contributed by atoms with Crippen LogP contribution >= 0.6 is 11.3 Å². The predicted octanol–water partition coefficient (Wildman–Crippen LogP) is 3.63. The van der Waals surface area contributed by atoms with Crippen LogP contribution in [-0.2, 0) is 16.1 Å². The molecule has 1 unspecified atom stereocenters. The monoisotopic (exact) mass is 369 g/mol. The smallest absolute Gasteiger partial charge is 0.290 e. The lowest BCUT2D eigenvalue weighted by Gasteiger charge is -2.26. The summed E-state index contributed by atoms with van der Waals surface area (Å²) < 4.78 is 5.20. The minimum absolute atomic E-state index is 0.0672. The summed E-state index contributed by atoms with van der Waals surface area (Å²) in [4.78, 5) is 28.1. The molecule has 1 aromatic heterocycles. The van der Waals surface area contributed by atoms with Gasteiger partial charge in [-0.15, -0.1) is 11.3 Å². The Labute approximate surface area is 155 Å². The summed E-state index contributed by atoms with van der Waals surface area (Å²) in [7, 11) is 1.59. The lowest BCUT2D eigenvalue weighted by Crippen LogP contribution is -2.30. The minimum atomic E-state index is -0.566. The van der Waals surface area contributed by atoms with Crippen molar-refractivity contribution in [1.29, 1.82) is 0 Å². The van der Waals surface area contributed by atoms with Crippen LogP contribution in [0.1, 0.15) is 29.3 Å². The van der Waals surface area contributed by atoms with Crippen LogP contribution in [0.15, 0.2) is 53.1 Å². The Bertz CT molecular complexity index is 866. The second kappa shape index (κ2) is 6.61. The topological polar surface area (TPSA) is 66.8 Å². The van der Waals surface area contributed by atoms with E-state index in [0.717, 1.165) is 23.3 Å². The molecule has 1 aliphatic carbocycles. The molecule has 1 amide bonds. The van der Waals surface area contributed by atoms with E-state index in [1.807, 2.05) is 29.6 Å². The number of aliphatic hydroxyl groups excluding tert-OH is 1. The molecular weight excluding hydrogens is 350 g/mol. The average molecular weight is 369 g/mol. The van der Waals surface area contributed by atoms with Crippen LogP contribution in [-0.4, -0.2) is 28.8 Å². The van der Waals surface area contributed by atoms with Crippen molar-refractivity contribution in [2.24, 2.45) is 5.92 Å². The third kappa shape index (κ3) is 2.90. The highest BCUT2D eigenvalue weighted by atomic mass is 32.1. The summed E-state index contributed by atoms with van der Waals surface area (Å²) in [6, 6.07) is 10.6. The molecule has 6 heteroatoms. The molecular formula is C20H19NO4S. The third-order valence-electron chi connectivity index (χ3n) is 4.86. The number of carbonyl (C=O) groups is 2. The number of methoxy groups -OCH3 is 1. The van der Waals surface area contributed by atoms with Crippen molar-refractivity contribution < 1.29 is 19.4 Å². The normalized spacial score (nSPS) is 20.0. The molecule has 1 atom stereocenters. The van der Waals surface area contributed by atoms with Gasteiger partial charge in [-0.1, -0.05) is 18.2 Å². The quantitative estimate of drug-likeness (QED) is 0.844. The Morgan fingerprint density at radius 3 is 2.58 bits per heavy atom. The highest BCUT2D eigenvalue weighted by molar-refractivity contribution is 7.09. The second-order valence-corrected chi connectivity index (χ2v) is 7.62. The number of carbonyl (C=O) groups excluding carboxylic acids is 2. The summed E-state index contributed by atoms with van der Waals surface area (Å²) in [6.45, 7) is 0.360. The number of benzene rings is 1. The van der Waals surface area contributed by atoms with Gasteiger partial charge in [0.15, 0.2) is 11.5 Å². The van der Waals surface area contributed by atoms with Crippen LogP contribution in [0.4, 0.5) is 0 Å². The van der Waals surface area contributed by atoms with Crippen molar-refractivity contribution in [3.63, 3.8) is 0 Å². The van der Waals surface area contributed by atoms with Gasteiger partial charge < -0.3 is 14.7 Å². The van der Waals surface area contributed by atoms with Crippen LogP contribution in [0.25, 0.3) is 0 Å². The van der Waals surface area contributed by atoms with Crippen molar-refractivity contribution in [3.8, 4) is 5.75 Å². The fourth-order valence-corrected chi connectivity index (χ4v) is 4.04. The Morgan fingerprint density at radius 1 is 1.27 bits per heavy atom. The Morgan fingerprint density at radius 2 is 2.00 bits per heavy atom. The maximum absolute atomic E-state index is 12.8. The zero-order valence-corrected chi connectivity index (χ0v) is 15.2. The van der Waals surface area contributed by atoms with E-state index in [4.69, 9.17) is 4.74 Å². The van der Waals surface area contributed by atoms with E-state index >= 15 is 0 Å². The number of Topliss-reactive ketones (excluding diaryl/α,β-unsaturated/α-hetero) is 1. The molecule has 0 radical (unpaired) electrons. The largest absolute Gasteiger partial charge is 0.503 e. The van der Waals surface area contributed by atoms with Gasteiger partial charge in [0.25, 0.3) is 5.91 Å². The van der Waals surface area contributed by atoms with E-state index in [1.54, 1.807) is 35.5 Å². The molecule has 2 heterocycles. The van der Waals surface area contributed by atoms with Crippen molar-refractivity contribution in [3.05, 3.63) is 63.6 Å². The van der Waals surface area contributed by atoms with E-state index in [2.05, 4.69) is 0 Å². The Kier molecular flexibility index (Phi) is 4.28. The van der Waals surface area contributed by atoms with Crippen molar-refractivity contribution in [1.82, 2.24) is 4.90 Å². The van der Waals surface area contributed by atoms with E-state index in [9.17, 15) is 14.7 Å². The van der Waals surface area contributed by atoms with Crippen molar-refractivity contribution in [2.45, 2.75) is 25.4 Å².